The minimum Gasteiger partial charge on any atom is -0.465 e. The van der Waals surface area contributed by atoms with Gasteiger partial charge in [-0.05, 0) is 160 Å². The Morgan fingerprint density at radius 2 is 0.988 bits per heavy atom. The highest BCUT2D eigenvalue weighted by Gasteiger charge is 2.38. The van der Waals surface area contributed by atoms with Crippen LogP contribution in [0.4, 0.5) is 32.3 Å². The monoisotopic (exact) mass is 1160 g/mol. The zero-order chi connectivity index (χ0) is 60.1. The van der Waals surface area contributed by atoms with Gasteiger partial charge < -0.3 is 49.6 Å². The molecule has 0 bridgehead atoms. The molecule has 8 aromatic rings. The van der Waals surface area contributed by atoms with Gasteiger partial charge >= 0.3 is 12.2 Å². The van der Waals surface area contributed by atoms with Gasteiger partial charge in [0.2, 0.25) is 0 Å². The molecule has 8 heterocycles. The number of nitrogens with one attached hydrogen (secondary N) is 2. The highest BCUT2D eigenvalue weighted by molar-refractivity contribution is 6.13. The third kappa shape index (κ3) is 13.5. The number of rotatable bonds is 10. The third-order valence-corrected chi connectivity index (χ3v) is 16.3. The first-order valence-electron chi connectivity index (χ1n) is 29.8. The van der Waals surface area contributed by atoms with Gasteiger partial charge in [-0.3, -0.25) is 19.6 Å². The highest BCUT2D eigenvalue weighted by Crippen LogP contribution is 2.36. The second-order valence-electron chi connectivity index (χ2n) is 24.4. The van der Waals surface area contributed by atoms with Gasteiger partial charge in [0.1, 0.15) is 5.60 Å². The van der Waals surface area contributed by atoms with Crippen LogP contribution in [-0.2, 0) is 14.2 Å². The summed E-state index contributed by atoms with van der Waals surface area (Å²) in [6, 6.07) is 35.9. The first-order valence-corrected chi connectivity index (χ1v) is 29.8. The van der Waals surface area contributed by atoms with Crippen molar-refractivity contribution < 1.29 is 38.5 Å². The second kappa shape index (κ2) is 25.4. The Labute approximate surface area is 501 Å². The predicted molar refractivity (Wildman–Crippen MR) is 333 cm³/mol. The Morgan fingerprint density at radius 3 is 1.41 bits per heavy atom. The Hall–Kier alpha value is -8.88. The van der Waals surface area contributed by atoms with Crippen molar-refractivity contribution in [2.24, 2.45) is 5.41 Å². The van der Waals surface area contributed by atoms with Crippen LogP contribution in [0.3, 0.4) is 0 Å². The van der Waals surface area contributed by atoms with E-state index in [0.29, 0.717) is 68.7 Å². The molecule has 0 radical (unpaired) electrons. The lowest BCUT2D eigenvalue weighted by molar-refractivity contribution is -0.0369. The number of carboxylic acid groups (broad SMARTS) is 1. The van der Waals surface area contributed by atoms with E-state index in [2.05, 4.69) is 112 Å². The third-order valence-electron chi connectivity index (χ3n) is 16.3. The van der Waals surface area contributed by atoms with E-state index < -0.39 is 11.7 Å². The Morgan fingerprint density at radius 1 is 0.547 bits per heavy atom. The normalized spacial score (nSPS) is 18.5. The van der Waals surface area contributed by atoms with Crippen molar-refractivity contribution in [2.45, 2.75) is 104 Å². The SMILES string of the molecule is CC(C)(C)C1CN(c2ccc(-c3ccc4c(c3)c(C(=O)Nc3ccncc3)nn4C3CCCCO3)cc2)CCN1C(=O)O.CC(C)(C)OC(=O)N1CCN(c2ccc(-c3ccc4c(c3)c(C(=O)Nc3ccncc3)nn4C3CCCCO3)cc2)CC1. The number of nitrogens with zero attached hydrogens (tertiary/aromatic N) is 10. The topological polar surface area (TPSA) is 215 Å². The second-order valence-corrected chi connectivity index (χ2v) is 24.4. The lowest BCUT2D eigenvalue weighted by atomic mass is 9.84. The van der Waals surface area contributed by atoms with E-state index in [9.17, 15) is 24.3 Å². The summed E-state index contributed by atoms with van der Waals surface area (Å²) in [5.41, 5.74) is 9.27. The minimum atomic E-state index is -0.863. The average molecular weight is 1170 g/mol. The molecule has 4 aliphatic heterocycles. The lowest BCUT2D eigenvalue weighted by Crippen LogP contribution is -2.59. The van der Waals surface area contributed by atoms with Crippen molar-refractivity contribution in [3.63, 3.8) is 0 Å². The molecule has 3 N–H and O–H groups in total. The van der Waals surface area contributed by atoms with Crippen LogP contribution < -0.4 is 20.4 Å². The molecular weight excluding hydrogens is 1090 g/mol. The zero-order valence-electron chi connectivity index (χ0n) is 49.8. The maximum atomic E-state index is 13.5. The van der Waals surface area contributed by atoms with Crippen LogP contribution in [0.1, 0.15) is 114 Å². The molecule has 86 heavy (non-hydrogen) atoms. The van der Waals surface area contributed by atoms with E-state index in [1.54, 1.807) is 58.9 Å². The number of fused-ring (bicyclic) bond motifs is 2. The minimum absolute atomic E-state index is 0.109. The number of benzene rings is 4. The van der Waals surface area contributed by atoms with Crippen LogP contribution in [0, 0.1) is 5.41 Å². The summed E-state index contributed by atoms with van der Waals surface area (Å²) in [6.45, 7) is 17.7. The van der Waals surface area contributed by atoms with E-state index >= 15 is 0 Å². The van der Waals surface area contributed by atoms with E-state index in [-0.39, 0.29) is 41.8 Å². The molecule has 3 atom stereocenters. The Bertz CT molecular complexity index is 3670. The standard InChI is InChI=1S/2C33H38N6O4/c1-33(2,3)43-32(41)38-19-17-37(18-20-38)26-10-7-23(8-11-26)24-9-12-28-27(22-24)30(31(40)35-25-13-15-34-16-14-25)36-39(28)29-6-4-5-21-42-29;1-33(2,3)28-21-37(17-18-38(28)32(41)42)25-10-7-22(8-11-25)23-9-12-27-26(20-23)30(31(40)35-24-13-15-34-16-14-24)36-39(27)29-6-4-5-19-43-29/h7-16,22,29H,4-6,17-21H2,1-3H3,(H,34,35,40);7-16,20,28-29H,4-6,17-19,21H2,1-3H3,(H,41,42)(H,34,35,40). The molecule has 3 unspecified atom stereocenters. The molecule has 20 heteroatoms. The smallest absolute Gasteiger partial charge is 0.410 e. The van der Waals surface area contributed by atoms with Crippen molar-refractivity contribution in [1.29, 1.82) is 0 Å². The van der Waals surface area contributed by atoms with E-state index in [1.807, 2.05) is 54.4 Å². The van der Waals surface area contributed by atoms with Gasteiger partial charge in [-0.1, -0.05) is 57.2 Å². The van der Waals surface area contributed by atoms with Gasteiger partial charge in [-0.2, -0.15) is 10.2 Å². The molecule has 4 fully saturated rings. The number of ether oxygens (including phenoxy) is 3. The fourth-order valence-corrected chi connectivity index (χ4v) is 11.7. The van der Waals surface area contributed by atoms with Crippen molar-refractivity contribution in [2.75, 3.05) is 79.5 Å². The molecule has 0 spiro atoms. The summed E-state index contributed by atoms with van der Waals surface area (Å²) in [7, 11) is 0. The van der Waals surface area contributed by atoms with Crippen molar-refractivity contribution in [1.82, 2.24) is 39.3 Å². The maximum Gasteiger partial charge on any atom is 0.410 e. The number of carbonyl (C=O) groups excluding carboxylic acids is 3. The van der Waals surface area contributed by atoms with Gasteiger partial charge in [0.25, 0.3) is 11.8 Å². The first kappa shape index (κ1) is 58.9. The van der Waals surface area contributed by atoms with Gasteiger partial charge in [0.15, 0.2) is 23.8 Å². The number of aromatic nitrogens is 6. The van der Waals surface area contributed by atoms with Gasteiger partial charge in [0.05, 0.1) is 17.1 Å². The van der Waals surface area contributed by atoms with E-state index in [1.165, 1.54) is 0 Å². The Balaban J connectivity index is 0.000000179. The number of carbonyl (C=O) groups is 4. The number of hydrogen-bond acceptors (Lipinski definition) is 13. The van der Waals surface area contributed by atoms with Gasteiger partial charge in [0, 0.05) is 117 Å². The maximum absolute atomic E-state index is 13.5. The summed E-state index contributed by atoms with van der Waals surface area (Å²) < 4.78 is 21.3. The van der Waals surface area contributed by atoms with E-state index in [0.717, 1.165) is 107 Å². The zero-order valence-corrected chi connectivity index (χ0v) is 49.8. The molecule has 4 saturated heterocycles. The molecule has 20 nitrogen and oxygen atoms in total. The molecule has 0 aliphatic carbocycles. The quantitative estimate of drug-likeness (QED) is 0.116. The van der Waals surface area contributed by atoms with Crippen molar-refractivity contribution in [3.05, 3.63) is 145 Å². The largest absolute Gasteiger partial charge is 0.465 e. The van der Waals surface area contributed by atoms with Crippen molar-refractivity contribution >= 4 is 68.6 Å². The summed E-state index contributed by atoms with van der Waals surface area (Å²) >= 11 is 0. The lowest BCUT2D eigenvalue weighted by Gasteiger charge is -2.46. The Kier molecular flexibility index (Phi) is 17.4. The number of piperazine rings is 2. The molecule has 4 aromatic heterocycles. The molecule has 0 saturated carbocycles. The van der Waals surface area contributed by atoms with Crippen LogP contribution in [0.25, 0.3) is 44.1 Å². The van der Waals surface area contributed by atoms with Crippen LogP contribution in [-0.4, -0.2) is 139 Å². The highest BCUT2D eigenvalue weighted by atomic mass is 16.6. The first-order chi connectivity index (χ1) is 41.4. The average Bonchev–Trinajstić information content (AvgIpc) is 1.85. The summed E-state index contributed by atoms with van der Waals surface area (Å²) in [4.78, 5) is 67.2. The summed E-state index contributed by atoms with van der Waals surface area (Å²) in [5, 5.41) is 26.7. The number of hydrogen-bond donors (Lipinski definition) is 3. The fourth-order valence-electron chi connectivity index (χ4n) is 11.7. The van der Waals surface area contributed by atoms with E-state index in [4.69, 9.17) is 24.4 Å². The number of anilines is 4. The number of amides is 4. The van der Waals surface area contributed by atoms with Gasteiger partial charge in [-0.25, -0.2) is 19.0 Å². The molecule has 12 rings (SSSR count). The van der Waals surface area contributed by atoms with Crippen molar-refractivity contribution in [3.8, 4) is 22.3 Å². The van der Waals surface area contributed by atoms with Gasteiger partial charge in [-0.15, -0.1) is 0 Å². The molecule has 4 aliphatic rings. The van der Waals surface area contributed by atoms with Crippen LogP contribution >= 0.6 is 0 Å². The molecule has 448 valence electrons. The summed E-state index contributed by atoms with van der Waals surface area (Å²) in [6.07, 6.45) is 10.9. The molecule has 4 amide bonds. The molecule has 4 aromatic carbocycles. The summed E-state index contributed by atoms with van der Waals surface area (Å²) in [5.74, 6) is -0.559. The molecular formula is C66H76N12O8. The fraction of sp³-hybridized carbons (Fsp3) is 0.394. The van der Waals surface area contributed by atoms with Crippen LogP contribution in [0.2, 0.25) is 0 Å². The van der Waals surface area contributed by atoms with Crippen LogP contribution in [0.5, 0.6) is 0 Å². The predicted octanol–water partition coefficient (Wildman–Crippen LogP) is 12.4. The van der Waals surface area contributed by atoms with Crippen LogP contribution in [0.15, 0.2) is 134 Å². The number of pyridine rings is 2.